The average Bonchev–Trinajstić information content (AvgIpc) is 3.77. The predicted octanol–water partition coefficient (Wildman–Crippen LogP) is 14.1. The maximum absolute atomic E-state index is 5.23. The molecule has 3 heteroatoms. The molecule has 0 aliphatic heterocycles. The highest BCUT2D eigenvalue weighted by molar-refractivity contribution is 7.26. The van der Waals surface area contributed by atoms with Gasteiger partial charge in [0.05, 0.1) is 10.1 Å². The lowest BCUT2D eigenvalue weighted by Gasteiger charge is -2.34. The van der Waals surface area contributed by atoms with E-state index in [1.54, 1.807) is 0 Å². The van der Waals surface area contributed by atoms with Gasteiger partial charge < -0.3 is 0 Å². The molecule has 11 rings (SSSR count). The number of benzene rings is 8. The molecule has 55 heavy (non-hydrogen) atoms. The molecule has 0 fully saturated rings. The fraction of sp³-hybridized carbons (Fsp3) is 0.0192. The van der Waals surface area contributed by atoms with Gasteiger partial charge in [-0.05, 0) is 97.7 Å². The van der Waals surface area contributed by atoms with Gasteiger partial charge in [0.1, 0.15) is 0 Å². The van der Waals surface area contributed by atoms with E-state index in [0.717, 1.165) is 17.2 Å². The zero-order valence-corrected chi connectivity index (χ0v) is 30.7. The summed E-state index contributed by atoms with van der Waals surface area (Å²) in [4.78, 5) is 7.60. The first-order valence-corrected chi connectivity index (χ1v) is 19.6. The number of aromatic nitrogens is 1. The summed E-state index contributed by atoms with van der Waals surface area (Å²) >= 11 is 1.83. The zero-order chi connectivity index (χ0) is 36.3. The van der Waals surface area contributed by atoms with Gasteiger partial charge in [0.2, 0.25) is 0 Å². The van der Waals surface area contributed by atoms with Crippen LogP contribution in [0.2, 0.25) is 0 Å². The number of nitrogens with zero attached hydrogens (tertiary/aromatic N) is 2. The second-order valence-electron chi connectivity index (χ2n) is 14.3. The Morgan fingerprint density at radius 2 is 1.02 bits per heavy atom. The van der Waals surface area contributed by atoms with Gasteiger partial charge in [-0.1, -0.05) is 158 Å². The molecule has 0 amide bonds. The second-order valence-corrected chi connectivity index (χ2v) is 15.4. The Morgan fingerprint density at radius 3 is 1.75 bits per heavy atom. The molecule has 1 aliphatic carbocycles. The van der Waals surface area contributed by atoms with Crippen LogP contribution in [-0.2, 0) is 5.41 Å². The number of pyridine rings is 1. The van der Waals surface area contributed by atoms with Crippen molar-refractivity contribution in [1.29, 1.82) is 0 Å². The van der Waals surface area contributed by atoms with Crippen molar-refractivity contribution in [3.63, 3.8) is 0 Å². The number of hydrogen-bond acceptors (Lipinski definition) is 3. The maximum atomic E-state index is 5.23. The Balaban J connectivity index is 1.18. The molecule has 10 aromatic rings. The van der Waals surface area contributed by atoms with Crippen molar-refractivity contribution in [3.05, 3.63) is 229 Å². The molecule has 0 radical (unpaired) electrons. The van der Waals surface area contributed by atoms with Crippen LogP contribution in [0.1, 0.15) is 22.3 Å². The second kappa shape index (κ2) is 12.7. The molecule has 0 N–H and O–H groups in total. The van der Waals surface area contributed by atoms with Crippen molar-refractivity contribution < 1.29 is 0 Å². The minimum atomic E-state index is -0.509. The van der Waals surface area contributed by atoms with Crippen molar-refractivity contribution >= 4 is 59.5 Å². The molecule has 0 bridgehead atoms. The van der Waals surface area contributed by atoms with Crippen LogP contribution in [0.3, 0.4) is 0 Å². The Morgan fingerprint density at radius 1 is 0.436 bits per heavy atom. The van der Waals surface area contributed by atoms with E-state index in [9.17, 15) is 0 Å². The van der Waals surface area contributed by atoms with Crippen molar-refractivity contribution in [2.45, 2.75) is 5.41 Å². The molecule has 2 nitrogen and oxygen atoms in total. The molecule has 0 saturated carbocycles. The van der Waals surface area contributed by atoms with Crippen LogP contribution < -0.4 is 4.90 Å². The smallest absolute Gasteiger partial charge is 0.155 e. The molecule has 2 heterocycles. The SMILES string of the molecule is c1ccc(-c2ccc(N(c3ccc4c(c3)C(c3ccccc3)(c3ccccc3)c3ccccc3-4)c3nccc4c3sc3cc5ccccc5cc34)cc2)cc1. The summed E-state index contributed by atoms with van der Waals surface area (Å²) < 4.78 is 2.43. The van der Waals surface area contributed by atoms with Crippen molar-refractivity contribution in [3.8, 4) is 22.3 Å². The van der Waals surface area contributed by atoms with Crippen LogP contribution in [-0.4, -0.2) is 4.98 Å². The average molecular weight is 719 g/mol. The number of anilines is 3. The summed E-state index contributed by atoms with van der Waals surface area (Å²) in [6, 6.07) is 73.1. The molecule has 1 aliphatic rings. The van der Waals surface area contributed by atoms with Gasteiger partial charge in [0, 0.05) is 33.0 Å². The van der Waals surface area contributed by atoms with Crippen molar-refractivity contribution in [1.82, 2.24) is 4.98 Å². The minimum Gasteiger partial charge on any atom is -0.294 e. The van der Waals surface area contributed by atoms with Crippen LogP contribution in [0.15, 0.2) is 206 Å². The third-order valence-corrected chi connectivity index (χ3v) is 12.5. The fourth-order valence-corrected chi connectivity index (χ4v) is 10.1. The summed E-state index contributed by atoms with van der Waals surface area (Å²) in [5, 5.41) is 4.98. The van der Waals surface area contributed by atoms with Gasteiger partial charge >= 0.3 is 0 Å². The Kier molecular flexibility index (Phi) is 7.29. The van der Waals surface area contributed by atoms with E-state index in [-0.39, 0.29) is 0 Å². The topological polar surface area (TPSA) is 16.1 Å². The van der Waals surface area contributed by atoms with Crippen LogP contribution in [0.25, 0.3) is 53.2 Å². The summed E-state index contributed by atoms with van der Waals surface area (Å²) in [6.07, 6.45) is 1.98. The van der Waals surface area contributed by atoms with Crippen LogP contribution in [0.5, 0.6) is 0 Å². The molecule has 2 aromatic heterocycles. The number of thiophene rings is 1. The van der Waals surface area contributed by atoms with E-state index in [2.05, 4.69) is 205 Å². The van der Waals surface area contributed by atoms with Gasteiger partial charge in [-0.25, -0.2) is 4.98 Å². The first-order valence-electron chi connectivity index (χ1n) is 18.8. The zero-order valence-electron chi connectivity index (χ0n) is 29.9. The summed E-state index contributed by atoms with van der Waals surface area (Å²) in [6.45, 7) is 0. The maximum Gasteiger partial charge on any atom is 0.155 e. The summed E-state index contributed by atoms with van der Waals surface area (Å²) in [5.74, 6) is 0.927. The Bertz CT molecular complexity index is 2980. The van der Waals surface area contributed by atoms with Crippen molar-refractivity contribution in [2.24, 2.45) is 0 Å². The molecular formula is C52H34N2S. The van der Waals surface area contributed by atoms with Gasteiger partial charge in [0.25, 0.3) is 0 Å². The van der Waals surface area contributed by atoms with Crippen molar-refractivity contribution in [2.75, 3.05) is 4.90 Å². The molecule has 258 valence electrons. The van der Waals surface area contributed by atoms with E-state index in [1.807, 2.05) is 17.5 Å². The highest BCUT2D eigenvalue weighted by Gasteiger charge is 2.46. The molecule has 8 aromatic carbocycles. The third kappa shape index (κ3) is 4.90. The third-order valence-electron chi connectivity index (χ3n) is 11.4. The van der Waals surface area contributed by atoms with Gasteiger partial charge in [-0.3, -0.25) is 4.90 Å². The molecule has 0 saturated heterocycles. The van der Waals surface area contributed by atoms with Crippen LogP contribution >= 0.6 is 11.3 Å². The lowest BCUT2D eigenvalue weighted by molar-refractivity contribution is 0.768. The van der Waals surface area contributed by atoms with E-state index >= 15 is 0 Å². The first kappa shape index (κ1) is 31.7. The minimum absolute atomic E-state index is 0.509. The van der Waals surface area contributed by atoms with Gasteiger partial charge in [-0.2, -0.15) is 0 Å². The monoisotopic (exact) mass is 718 g/mol. The standard InChI is InChI=1S/C52H34N2S/c1-4-14-35(15-5-1)36-24-26-41(27-25-36)54(51-50-45(30-31-53-51)46-32-37-16-10-11-17-38(37)33-49(46)55-50)42-28-29-44-43-22-12-13-23-47(43)52(48(44)34-42,39-18-6-2-7-19-39)40-20-8-3-9-21-40/h1-34H. The molecular weight excluding hydrogens is 685 g/mol. The van der Waals surface area contributed by atoms with Gasteiger partial charge in [0.15, 0.2) is 5.82 Å². The lowest BCUT2D eigenvalue weighted by atomic mass is 9.67. The quantitative estimate of drug-likeness (QED) is 0.170. The van der Waals surface area contributed by atoms with E-state index in [4.69, 9.17) is 4.98 Å². The van der Waals surface area contributed by atoms with Gasteiger partial charge in [-0.15, -0.1) is 11.3 Å². The molecule has 0 unspecified atom stereocenters. The molecule has 0 atom stereocenters. The highest BCUT2D eigenvalue weighted by atomic mass is 32.1. The normalized spacial score (nSPS) is 12.9. The lowest BCUT2D eigenvalue weighted by Crippen LogP contribution is -2.28. The molecule has 0 spiro atoms. The van der Waals surface area contributed by atoms with E-state index < -0.39 is 5.41 Å². The summed E-state index contributed by atoms with van der Waals surface area (Å²) in [7, 11) is 0. The number of hydrogen-bond donors (Lipinski definition) is 0. The largest absolute Gasteiger partial charge is 0.294 e. The highest BCUT2D eigenvalue weighted by Crippen LogP contribution is 2.57. The first-order chi connectivity index (χ1) is 27.3. The number of rotatable bonds is 6. The Hall–Kier alpha value is -6.81. The van der Waals surface area contributed by atoms with Crippen LogP contribution in [0, 0.1) is 0 Å². The predicted molar refractivity (Wildman–Crippen MR) is 232 cm³/mol. The fourth-order valence-electron chi connectivity index (χ4n) is 8.93. The summed E-state index contributed by atoms with van der Waals surface area (Å²) in [5.41, 5.74) is 11.6. The Labute approximate surface area is 324 Å². The number of fused-ring (bicyclic) bond motifs is 7. The van der Waals surface area contributed by atoms with E-state index in [0.29, 0.717) is 0 Å². The van der Waals surface area contributed by atoms with Crippen LogP contribution in [0.4, 0.5) is 17.2 Å². The van der Waals surface area contributed by atoms with E-state index in [1.165, 1.54) is 75.5 Å².